The molecule has 0 unspecified atom stereocenters. The van der Waals surface area contributed by atoms with Crippen molar-refractivity contribution in [3.63, 3.8) is 0 Å². The van der Waals surface area contributed by atoms with E-state index < -0.39 is 29.6 Å². The Morgan fingerprint density at radius 2 is 1.75 bits per heavy atom. The Bertz CT molecular complexity index is 1370. The van der Waals surface area contributed by atoms with E-state index in [1.54, 1.807) is 43.3 Å². The van der Waals surface area contributed by atoms with Crippen LogP contribution in [-0.2, 0) is 20.9 Å². The van der Waals surface area contributed by atoms with Gasteiger partial charge in [-0.15, -0.1) is 0 Å². The predicted molar refractivity (Wildman–Crippen MR) is 129 cm³/mol. The highest BCUT2D eigenvalue weighted by Gasteiger charge is 2.37. The number of hydrogen-bond acceptors (Lipinski definition) is 6. The van der Waals surface area contributed by atoms with Crippen molar-refractivity contribution in [2.45, 2.75) is 13.5 Å². The number of urea groups is 1. The molecule has 4 rings (SSSR count). The van der Waals surface area contributed by atoms with Gasteiger partial charge in [-0.1, -0.05) is 30.3 Å². The van der Waals surface area contributed by atoms with E-state index in [-0.39, 0.29) is 30.0 Å². The Morgan fingerprint density at radius 1 is 1.00 bits per heavy atom. The van der Waals surface area contributed by atoms with E-state index in [0.717, 1.165) is 4.90 Å². The van der Waals surface area contributed by atoms with Gasteiger partial charge in [0.2, 0.25) is 0 Å². The summed E-state index contributed by atoms with van der Waals surface area (Å²) in [5, 5.41) is 2.15. The Labute approximate surface area is 205 Å². The van der Waals surface area contributed by atoms with E-state index >= 15 is 0 Å². The quantitative estimate of drug-likeness (QED) is 0.303. The summed E-state index contributed by atoms with van der Waals surface area (Å²) in [5.74, 6) is -2.27. The van der Waals surface area contributed by atoms with Gasteiger partial charge < -0.3 is 9.47 Å². The Hall–Kier alpha value is -4.79. The van der Waals surface area contributed by atoms with Gasteiger partial charge in [0.15, 0.2) is 0 Å². The molecule has 0 radical (unpaired) electrons. The molecule has 3 aromatic rings. The third-order valence-electron chi connectivity index (χ3n) is 5.24. The third-order valence-corrected chi connectivity index (χ3v) is 5.24. The average molecular weight is 488 g/mol. The number of nitrogens with one attached hydrogen (secondary N) is 1. The van der Waals surface area contributed by atoms with Gasteiger partial charge in [0.1, 0.15) is 23.7 Å². The van der Waals surface area contributed by atoms with Crippen LogP contribution in [0.15, 0.2) is 78.4 Å². The Balaban J connectivity index is 1.60. The summed E-state index contributed by atoms with van der Waals surface area (Å²) in [5.41, 5.74) is 1.15. The van der Waals surface area contributed by atoms with Crippen LogP contribution in [0.2, 0.25) is 0 Å². The summed E-state index contributed by atoms with van der Waals surface area (Å²) >= 11 is 0. The molecule has 1 N–H and O–H groups in total. The number of hydrogen-bond donors (Lipinski definition) is 1. The number of barbiturate groups is 1. The van der Waals surface area contributed by atoms with Crippen LogP contribution in [0.3, 0.4) is 0 Å². The lowest BCUT2D eigenvalue weighted by Gasteiger charge is -2.26. The zero-order valence-corrected chi connectivity index (χ0v) is 19.2. The number of anilines is 1. The molecule has 1 saturated heterocycles. The maximum absolute atomic E-state index is 13.5. The largest absolute Gasteiger partial charge is 0.488 e. The van der Waals surface area contributed by atoms with Gasteiger partial charge in [0.25, 0.3) is 11.8 Å². The first-order chi connectivity index (χ1) is 17.4. The van der Waals surface area contributed by atoms with Crippen LogP contribution in [-0.4, -0.2) is 30.4 Å². The molecular formula is C27H21FN2O6. The maximum atomic E-state index is 13.5. The molecule has 1 aliphatic rings. The number of amides is 4. The third kappa shape index (κ3) is 5.30. The summed E-state index contributed by atoms with van der Waals surface area (Å²) < 4.78 is 24.2. The van der Waals surface area contributed by atoms with Crippen molar-refractivity contribution >= 4 is 35.6 Å². The number of rotatable bonds is 7. The zero-order valence-electron chi connectivity index (χ0n) is 19.2. The molecule has 1 heterocycles. The molecule has 0 aliphatic carbocycles. The topological polar surface area (TPSA) is 102 Å². The molecule has 0 spiro atoms. The zero-order chi connectivity index (χ0) is 25.7. The van der Waals surface area contributed by atoms with Gasteiger partial charge in [0.05, 0.1) is 17.9 Å². The summed E-state index contributed by atoms with van der Waals surface area (Å²) in [4.78, 5) is 50.9. The average Bonchev–Trinajstić information content (AvgIpc) is 2.86. The molecular weight excluding hydrogens is 467 g/mol. The SMILES string of the molecule is CCOC(=O)c1ccc(N2C(=O)NC(=O)/C(=C\c3ccccc3OCc3cccc(F)c3)C2=O)cc1. The van der Waals surface area contributed by atoms with Crippen molar-refractivity contribution in [3.05, 3.63) is 101 Å². The normalized spacial score (nSPS) is 14.6. The second-order valence-electron chi connectivity index (χ2n) is 7.68. The minimum Gasteiger partial charge on any atom is -0.488 e. The van der Waals surface area contributed by atoms with Crippen molar-refractivity contribution < 1.29 is 33.0 Å². The van der Waals surface area contributed by atoms with Gasteiger partial charge in [-0.2, -0.15) is 0 Å². The Morgan fingerprint density at radius 3 is 2.47 bits per heavy atom. The van der Waals surface area contributed by atoms with E-state index in [2.05, 4.69) is 5.32 Å². The fourth-order valence-corrected chi connectivity index (χ4v) is 3.53. The number of carbonyl (C=O) groups excluding carboxylic acids is 4. The molecule has 0 bridgehead atoms. The number of nitrogens with zero attached hydrogens (tertiary/aromatic N) is 1. The van der Waals surface area contributed by atoms with Gasteiger partial charge in [0, 0.05) is 5.56 Å². The number of halogens is 1. The second-order valence-corrected chi connectivity index (χ2v) is 7.68. The van der Waals surface area contributed by atoms with Crippen LogP contribution in [0.1, 0.15) is 28.4 Å². The maximum Gasteiger partial charge on any atom is 0.338 e. The van der Waals surface area contributed by atoms with E-state index in [4.69, 9.17) is 9.47 Å². The van der Waals surface area contributed by atoms with Crippen LogP contribution in [0.25, 0.3) is 6.08 Å². The van der Waals surface area contributed by atoms with Gasteiger partial charge >= 0.3 is 12.0 Å². The fraction of sp³-hybridized carbons (Fsp3) is 0.111. The van der Waals surface area contributed by atoms with E-state index in [1.807, 2.05) is 0 Å². The number of ether oxygens (including phenoxy) is 2. The molecule has 1 fully saturated rings. The van der Waals surface area contributed by atoms with Crippen LogP contribution in [0.4, 0.5) is 14.9 Å². The first-order valence-corrected chi connectivity index (χ1v) is 11.0. The molecule has 3 aromatic carbocycles. The number of benzene rings is 3. The molecule has 8 nitrogen and oxygen atoms in total. The van der Waals surface area contributed by atoms with Crippen LogP contribution in [0.5, 0.6) is 5.75 Å². The van der Waals surface area contributed by atoms with E-state index in [9.17, 15) is 23.6 Å². The Kier molecular flexibility index (Phi) is 7.20. The predicted octanol–water partition coefficient (Wildman–Crippen LogP) is 4.25. The molecule has 1 aliphatic heterocycles. The second kappa shape index (κ2) is 10.6. The number of para-hydroxylation sites is 1. The first kappa shape index (κ1) is 24.3. The monoisotopic (exact) mass is 488 g/mol. The summed E-state index contributed by atoms with van der Waals surface area (Å²) in [6.07, 6.45) is 1.32. The summed E-state index contributed by atoms with van der Waals surface area (Å²) in [6.45, 7) is 1.95. The molecule has 0 saturated carbocycles. The summed E-state index contributed by atoms with van der Waals surface area (Å²) in [6, 6.07) is 17.4. The molecule has 4 amide bonds. The lowest BCUT2D eigenvalue weighted by Crippen LogP contribution is -2.54. The van der Waals surface area contributed by atoms with Gasteiger partial charge in [-0.3, -0.25) is 14.9 Å². The standard InChI is InChI=1S/C27H21FN2O6/c1-2-35-26(33)18-10-12-21(13-11-18)30-25(32)22(24(31)29-27(30)34)15-19-7-3-4-9-23(19)36-16-17-6-5-8-20(28)14-17/h3-15H,2,16H2,1H3,(H,29,31,34)/b22-15+. The fourth-order valence-electron chi connectivity index (χ4n) is 3.53. The smallest absolute Gasteiger partial charge is 0.338 e. The summed E-state index contributed by atoms with van der Waals surface area (Å²) in [7, 11) is 0. The minimum atomic E-state index is -0.915. The van der Waals surface area contributed by atoms with E-state index in [1.165, 1.54) is 42.5 Å². The minimum absolute atomic E-state index is 0.0650. The van der Waals surface area contributed by atoms with Gasteiger partial charge in [-0.05, 0) is 61.0 Å². The van der Waals surface area contributed by atoms with Crippen molar-refractivity contribution in [2.75, 3.05) is 11.5 Å². The van der Waals surface area contributed by atoms with E-state index in [0.29, 0.717) is 16.9 Å². The molecule has 9 heteroatoms. The van der Waals surface area contributed by atoms with Crippen molar-refractivity contribution in [3.8, 4) is 5.75 Å². The highest BCUT2D eigenvalue weighted by atomic mass is 19.1. The number of esters is 1. The van der Waals surface area contributed by atoms with Crippen LogP contribution >= 0.6 is 0 Å². The van der Waals surface area contributed by atoms with Crippen molar-refractivity contribution in [1.82, 2.24) is 5.32 Å². The molecule has 0 aromatic heterocycles. The highest BCUT2D eigenvalue weighted by Crippen LogP contribution is 2.26. The van der Waals surface area contributed by atoms with Gasteiger partial charge in [-0.25, -0.2) is 18.9 Å². The molecule has 182 valence electrons. The number of imide groups is 2. The first-order valence-electron chi connectivity index (χ1n) is 11.0. The van der Waals surface area contributed by atoms with Crippen molar-refractivity contribution in [2.24, 2.45) is 0 Å². The number of carbonyl (C=O) groups is 4. The van der Waals surface area contributed by atoms with Crippen LogP contribution < -0.4 is 15.0 Å². The molecule has 36 heavy (non-hydrogen) atoms. The van der Waals surface area contributed by atoms with Crippen molar-refractivity contribution in [1.29, 1.82) is 0 Å². The van der Waals surface area contributed by atoms with Crippen LogP contribution in [0, 0.1) is 5.82 Å². The highest BCUT2D eigenvalue weighted by molar-refractivity contribution is 6.39. The lowest BCUT2D eigenvalue weighted by molar-refractivity contribution is -0.122. The lowest BCUT2D eigenvalue weighted by atomic mass is 10.1. The molecule has 0 atom stereocenters.